The van der Waals surface area contributed by atoms with Gasteiger partial charge in [0.1, 0.15) is 6.10 Å². The highest BCUT2D eigenvalue weighted by atomic mass is 16.6. The number of rotatable bonds is 12. The predicted molar refractivity (Wildman–Crippen MR) is 124 cm³/mol. The SMILES string of the molecule is C=C1CCC[C@]2(C)C[C@@H]3OC(=O)[C@@H](CNCCCN(CCCC)CCCC)[C@@H]3C[C@H]12. The van der Waals surface area contributed by atoms with E-state index in [-0.39, 0.29) is 18.0 Å². The van der Waals surface area contributed by atoms with E-state index in [9.17, 15) is 4.79 Å². The van der Waals surface area contributed by atoms with Gasteiger partial charge in [0.05, 0.1) is 5.92 Å². The maximum absolute atomic E-state index is 12.6. The van der Waals surface area contributed by atoms with Crippen molar-refractivity contribution < 1.29 is 9.53 Å². The molecule has 2 saturated carbocycles. The number of allylic oxidation sites excluding steroid dienone is 1. The second-order valence-electron chi connectivity index (χ2n) is 10.5. The number of nitrogens with one attached hydrogen (secondary N) is 1. The maximum atomic E-state index is 12.6. The minimum absolute atomic E-state index is 0.0329. The lowest BCUT2D eigenvalue weighted by Crippen LogP contribution is -2.45. The van der Waals surface area contributed by atoms with E-state index in [0.29, 0.717) is 17.3 Å². The van der Waals surface area contributed by atoms with Crippen LogP contribution in [0.5, 0.6) is 0 Å². The Kier molecular flexibility index (Phi) is 8.82. The Morgan fingerprint density at radius 1 is 1.17 bits per heavy atom. The number of carbonyl (C=O) groups excluding carboxylic acids is 1. The largest absolute Gasteiger partial charge is 0.462 e. The Labute approximate surface area is 185 Å². The average molecular weight is 419 g/mol. The van der Waals surface area contributed by atoms with Crippen LogP contribution in [0.25, 0.3) is 0 Å². The molecule has 1 saturated heterocycles. The first-order chi connectivity index (χ1) is 14.5. The van der Waals surface area contributed by atoms with Gasteiger partial charge in [-0.15, -0.1) is 0 Å². The molecule has 3 rings (SSSR count). The summed E-state index contributed by atoms with van der Waals surface area (Å²) < 4.78 is 5.89. The Morgan fingerprint density at radius 2 is 1.87 bits per heavy atom. The highest BCUT2D eigenvalue weighted by Crippen LogP contribution is 2.56. The molecule has 3 fully saturated rings. The summed E-state index contributed by atoms with van der Waals surface area (Å²) in [5, 5.41) is 3.60. The van der Waals surface area contributed by atoms with Crippen LogP contribution in [0.15, 0.2) is 12.2 Å². The van der Waals surface area contributed by atoms with E-state index in [4.69, 9.17) is 4.74 Å². The molecule has 0 aromatic rings. The van der Waals surface area contributed by atoms with Gasteiger partial charge in [0, 0.05) is 12.5 Å². The molecule has 4 heteroatoms. The summed E-state index contributed by atoms with van der Waals surface area (Å²) in [5.74, 6) is 1.03. The molecule has 0 spiro atoms. The number of hydrogen-bond donors (Lipinski definition) is 1. The molecule has 2 aliphatic carbocycles. The molecule has 0 aromatic heterocycles. The number of ether oxygens (including phenoxy) is 1. The zero-order chi connectivity index (χ0) is 21.6. The van der Waals surface area contributed by atoms with Gasteiger partial charge >= 0.3 is 5.97 Å². The Balaban J connectivity index is 1.44. The summed E-state index contributed by atoms with van der Waals surface area (Å²) in [4.78, 5) is 15.3. The van der Waals surface area contributed by atoms with E-state index in [1.54, 1.807) is 0 Å². The van der Waals surface area contributed by atoms with Gasteiger partial charge in [0.25, 0.3) is 0 Å². The molecular weight excluding hydrogens is 372 g/mol. The molecule has 30 heavy (non-hydrogen) atoms. The topological polar surface area (TPSA) is 41.6 Å². The molecule has 0 bridgehead atoms. The molecule has 1 heterocycles. The van der Waals surface area contributed by atoms with Crippen molar-refractivity contribution in [1.82, 2.24) is 10.2 Å². The first-order valence-electron chi connectivity index (χ1n) is 12.8. The van der Waals surface area contributed by atoms with Crippen LogP contribution < -0.4 is 5.32 Å². The van der Waals surface area contributed by atoms with Crippen molar-refractivity contribution in [2.24, 2.45) is 23.2 Å². The van der Waals surface area contributed by atoms with Gasteiger partial charge in [-0.05, 0) is 88.9 Å². The predicted octanol–water partition coefficient (Wildman–Crippen LogP) is 5.18. The van der Waals surface area contributed by atoms with Crippen molar-refractivity contribution >= 4 is 5.97 Å². The molecule has 0 radical (unpaired) electrons. The quantitative estimate of drug-likeness (QED) is 0.269. The summed E-state index contributed by atoms with van der Waals surface area (Å²) in [6, 6.07) is 0. The number of esters is 1. The van der Waals surface area contributed by atoms with Crippen LogP contribution in [0.2, 0.25) is 0 Å². The number of unbranched alkanes of at least 4 members (excludes halogenated alkanes) is 2. The van der Waals surface area contributed by atoms with Gasteiger partial charge in [0.2, 0.25) is 0 Å². The summed E-state index contributed by atoms with van der Waals surface area (Å²) in [5.41, 5.74) is 1.71. The first-order valence-corrected chi connectivity index (χ1v) is 12.8. The highest BCUT2D eigenvalue weighted by molar-refractivity contribution is 5.75. The Bertz CT molecular complexity index is 569. The third kappa shape index (κ3) is 5.68. The third-order valence-electron chi connectivity index (χ3n) is 8.17. The van der Waals surface area contributed by atoms with Gasteiger partial charge in [-0.2, -0.15) is 0 Å². The van der Waals surface area contributed by atoms with Crippen molar-refractivity contribution in [3.63, 3.8) is 0 Å². The van der Waals surface area contributed by atoms with Crippen LogP contribution in [0, 0.1) is 23.2 Å². The molecule has 5 atom stereocenters. The average Bonchev–Trinajstić information content (AvgIpc) is 3.01. The van der Waals surface area contributed by atoms with Crippen LogP contribution in [0.4, 0.5) is 0 Å². The molecule has 1 N–H and O–H groups in total. The molecule has 1 aliphatic heterocycles. The van der Waals surface area contributed by atoms with Gasteiger partial charge in [-0.3, -0.25) is 4.79 Å². The normalized spacial score (nSPS) is 33.5. The lowest BCUT2D eigenvalue weighted by Gasteiger charge is -2.50. The summed E-state index contributed by atoms with van der Waals surface area (Å²) in [6.07, 6.45) is 12.2. The fourth-order valence-corrected chi connectivity index (χ4v) is 6.27. The van der Waals surface area contributed by atoms with Gasteiger partial charge in [0.15, 0.2) is 0 Å². The van der Waals surface area contributed by atoms with Gasteiger partial charge in [-0.25, -0.2) is 0 Å². The lowest BCUT2D eigenvalue weighted by atomic mass is 9.55. The number of nitrogens with zero attached hydrogens (tertiary/aromatic N) is 1. The van der Waals surface area contributed by atoms with Gasteiger partial charge < -0.3 is 15.0 Å². The number of fused-ring (bicyclic) bond motifs is 2. The van der Waals surface area contributed by atoms with E-state index in [1.165, 1.54) is 63.6 Å². The molecule has 0 unspecified atom stereocenters. The maximum Gasteiger partial charge on any atom is 0.310 e. The highest BCUT2D eigenvalue weighted by Gasteiger charge is 2.54. The second-order valence-corrected chi connectivity index (χ2v) is 10.5. The molecule has 3 aliphatic rings. The second kappa shape index (κ2) is 11.1. The third-order valence-corrected chi connectivity index (χ3v) is 8.17. The molecule has 172 valence electrons. The fourth-order valence-electron chi connectivity index (χ4n) is 6.27. The smallest absolute Gasteiger partial charge is 0.310 e. The molecule has 0 aromatic carbocycles. The molecular formula is C26H46N2O2. The van der Waals surface area contributed by atoms with Crippen molar-refractivity contribution in [1.29, 1.82) is 0 Å². The van der Waals surface area contributed by atoms with Crippen molar-refractivity contribution in [2.45, 2.75) is 91.1 Å². The van der Waals surface area contributed by atoms with Crippen molar-refractivity contribution in [3.8, 4) is 0 Å². The van der Waals surface area contributed by atoms with E-state index >= 15 is 0 Å². The van der Waals surface area contributed by atoms with Crippen LogP contribution in [0.3, 0.4) is 0 Å². The standard InChI is InChI=1S/C26H46N2O2/c1-5-7-14-28(15-8-6-2)16-10-13-27-19-22-21-17-23-20(3)11-9-12-26(23,4)18-24(21)30-25(22)29/h21-24,27H,3,5-19H2,1-2,4H3/t21-,22-,23+,24-,26+/m0/s1. The zero-order valence-electron chi connectivity index (χ0n) is 19.9. The molecule has 4 nitrogen and oxygen atoms in total. The molecule has 0 amide bonds. The Hall–Kier alpha value is -0.870. The van der Waals surface area contributed by atoms with Crippen molar-refractivity contribution in [3.05, 3.63) is 12.2 Å². The van der Waals surface area contributed by atoms with E-state index in [2.05, 4.69) is 37.6 Å². The number of carbonyl (C=O) groups is 1. The minimum atomic E-state index is 0.0329. The van der Waals surface area contributed by atoms with Crippen LogP contribution in [-0.4, -0.2) is 49.7 Å². The van der Waals surface area contributed by atoms with Crippen LogP contribution in [0.1, 0.15) is 85.0 Å². The van der Waals surface area contributed by atoms with E-state index < -0.39 is 0 Å². The lowest BCUT2D eigenvalue weighted by molar-refractivity contribution is -0.146. The van der Waals surface area contributed by atoms with Crippen molar-refractivity contribution in [2.75, 3.05) is 32.7 Å². The zero-order valence-corrected chi connectivity index (χ0v) is 19.9. The van der Waals surface area contributed by atoms with Crippen LogP contribution >= 0.6 is 0 Å². The Morgan fingerprint density at radius 3 is 2.57 bits per heavy atom. The summed E-state index contributed by atoms with van der Waals surface area (Å²) in [7, 11) is 0. The van der Waals surface area contributed by atoms with Gasteiger partial charge in [-0.1, -0.05) is 45.8 Å². The monoisotopic (exact) mass is 418 g/mol. The first kappa shape index (κ1) is 23.8. The fraction of sp³-hybridized carbons (Fsp3) is 0.885. The summed E-state index contributed by atoms with van der Waals surface area (Å²) in [6.45, 7) is 16.7. The van der Waals surface area contributed by atoms with Crippen LogP contribution in [-0.2, 0) is 9.53 Å². The minimum Gasteiger partial charge on any atom is -0.462 e. The number of hydrogen-bond acceptors (Lipinski definition) is 4. The summed E-state index contributed by atoms with van der Waals surface area (Å²) >= 11 is 0. The van der Waals surface area contributed by atoms with E-state index in [1.807, 2.05) is 0 Å². The van der Waals surface area contributed by atoms with E-state index in [0.717, 1.165) is 38.9 Å².